The lowest BCUT2D eigenvalue weighted by molar-refractivity contribution is 0.409. The largest absolute Gasteiger partial charge is 0.496 e. The third-order valence-electron chi connectivity index (χ3n) is 3.69. The molecule has 1 atom stereocenters. The highest BCUT2D eigenvalue weighted by Crippen LogP contribution is 2.31. The minimum atomic E-state index is 0.115. The summed E-state index contributed by atoms with van der Waals surface area (Å²) in [6.45, 7) is 6.17. The topological polar surface area (TPSA) is 45.0 Å². The van der Waals surface area contributed by atoms with Crippen LogP contribution >= 0.6 is 0 Å². The number of nitrogens with zero attached hydrogens (tertiary/aromatic N) is 1. The van der Waals surface area contributed by atoms with Crippen molar-refractivity contribution in [2.75, 3.05) is 12.4 Å². The first-order valence-electron chi connectivity index (χ1n) is 6.97. The van der Waals surface area contributed by atoms with Crippen LogP contribution < -0.4 is 10.1 Å². The summed E-state index contributed by atoms with van der Waals surface area (Å²) in [7, 11) is 1.69. The second-order valence-corrected chi connectivity index (χ2v) is 5.19. The van der Waals surface area contributed by atoms with Crippen molar-refractivity contribution in [1.82, 2.24) is 0 Å². The normalized spacial score (nSPS) is 11.6. The zero-order chi connectivity index (χ0) is 15.4. The summed E-state index contributed by atoms with van der Waals surface area (Å²) in [5, 5.41) is 12.5. The van der Waals surface area contributed by atoms with E-state index in [2.05, 4.69) is 24.4 Å². The molecule has 0 heterocycles. The third kappa shape index (κ3) is 3.17. The molecule has 2 rings (SSSR count). The zero-order valence-electron chi connectivity index (χ0n) is 12.9. The lowest BCUT2D eigenvalue weighted by atomic mass is 10.0. The number of anilines is 1. The van der Waals surface area contributed by atoms with E-state index in [0.717, 1.165) is 28.1 Å². The molecular weight excluding hydrogens is 260 g/mol. The average Bonchev–Trinajstić information content (AvgIpc) is 2.50. The Labute approximate surface area is 126 Å². The van der Waals surface area contributed by atoms with Crippen LogP contribution in [0, 0.1) is 25.2 Å². The quantitative estimate of drug-likeness (QED) is 0.905. The fraction of sp³-hybridized carbons (Fsp3) is 0.278. The Hall–Kier alpha value is -2.47. The summed E-state index contributed by atoms with van der Waals surface area (Å²) in [5.74, 6) is 0.915. The van der Waals surface area contributed by atoms with E-state index < -0.39 is 0 Å². The third-order valence-corrected chi connectivity index (χ3v) is 3.69. The van der Waals surface area contributed by atoms with Gasteiger partial charge >= 0.3 is 0 Å². The van der Waals surface area contributed by atoms with Crippen LogP contribution in [0.25, 0.3) is 0 Å². The molecule has 0 spiro atoms. The standard InChI is InChI=1S/C18H20N2O/c1-12-8-9-17(13(2)18(12)21-4)20-14(3)16-7-5-6-15(10-16)11-19/h5-10,14,20H,1-4H3. The highest BCUT2D eigenvalue weighted by molar-refractivity contribution is 5.60. The van der Waals surface area contributed by atoms with Crippen molar-refractivity contribution in [3.63, 3.8) is 0 Å². The number of ether oxygens (including phenoxy) is 1. The molecule has 3 heteroatoms. The Bertz CT molecular complexity index is 686. The minimum Gasteiger partial charge on any atom is -0.496 e. The molecule has 1 N–H and O–H groups in total. The van der Waals surface area contributed by atoms with Crippen LogP contribution in [0.1, 0.15) is 35.2 Å². The van der Waals surface area contributed by atoms with Crippen molar-refractivity contribution in [3.8, 4) is 11.8 Å². The first-order chi connectivity index (χ1) is 10.1. The van der Waals surface area contributed by atoms with Crippen molar-refractivity contribution < 1.29 is 4.74 Å². The van der Waals surface area contributed by atoms with Crippen molar-refractivity contribution in [2.45, 2.75) is 26.8 Å². The van der Waals surface area contributed by atoms with E-state index in [1.54, 1.807) is 7.11 Å². The molecule has 0 bridgehead atoms. The second-order valence-electron chi connectivity index (χ2n) is 5.19. The van der Waals surface area contributed by atoms with Crippen molar-refractivity contribution in [2.24, 2.45) is 0 Å². The maximum Gasteiger partial charge on any atom is 0.126 e. The van der Waals surface area contributed by atoms with E-state index in [9.17, 15) is 0 Å². The molecule has 21 heavy (non-hydrogen) atoms. The maximum absolute atomic E-state index is 8.99. The molecule has 108 valence electrons. The van der Waals surface area contributed by atoms with Gasteiger partial charge < -0.3 is 10.1 Å². The lowest BCUT2D eigenvalue weighted by Gasteiger charge is -2.20. The molecule has 0 saturated carbocycles. The van der Waals surface area contributed by atoms with Crippen LogP contribution in [-0.2, 0) is 0 Å². The van der Waals surface area contributed by atoms with Crippen LogP contribution in [0.3, 0.4) is 0 Å². The molecule has 0 saturated heterocycles. The number of benzene rings is 2. The van der Waals surface area contributed by atoms with Crippen LogP contribution in [0.2, 0.25) is 0 Å². The van der Waals surface area contributed by atoms with Gasteiger partial charge in [-0.3, -0.25) is 0 Å². The molecule has 1 unspecified atom stereocenters. The van der Waals surface area contributed by atoms with Gasteiger partial charge in [0.2, 0.25) is 0 Å². The predicted octanol–water partition coefficient (Wildman–Crippen LogP) is 4.36. The van der Waals surface area contributed by atoms with E-state index in [-0.39, 0.29) is 6.04 Å². The van der Waals surface area contributed by atoms with E-state index in [1.807, 2.05) is 44.2 Å². The Kier molecular flexibility index (Phi) is 4.49. The molecular formula is C18H20N2O. The van der Waals surface area contributed by atoms with Gasteiger partial charge in [0.1, 0.15) is 5.75 Å². The van der Waals surface area contributed by atoms with Crippen LogP contribution in [-0.4, -0.2) is 7.11 Å². The fourth-order valence-corrected chi connectivity index (χ4v) is 2.49. The molecule has 0 aromatic heterocycles. The molecule has 2 aromatic rings. The highest BCUT2D eigenvalue weighted by atomic mass is 16.5. The summed E-state index contributed by atoms with van der Waals surface area (Å²) in [4.78, 5) is 0. The van der Waals surface area contributed by atoms with Gasteiger partial charge in [0.25, 0.3) is 0 Å². The fourth-order valence-electron chi connectivity index (χ4n) is 2.49. The summed E-state index contributed by atoms with van der Waals surface area (Å²) in [6.07, 6.45) is 0. The second kappa shape index (κ2) is 6.32. The number of nitriles is 1. The van der Waals surface area contributed by atoms with Gasteiger partial charge in [0, 0.05) is 17.3 Å². The van der Waals surface area contributed by atoms with Crippen LogP contribution in [0.4, 0.5) is 5.69 Å². The first-order valence-corrected chi connectivity index (χ1v) is 6.97. The first kappa shape index (κ1) is 14.9. The Morgan fingerprint density at radius 1 is 1.19 bits per heavy atom. The molecule has 0 aliphatic carbocycles. The van der Waals surface area contributed by atoms with E-state index in [1.165, 1.54) is 0 Å². The van der Waals surface area contributed by atoms with Gasteiger partial charge in [-0.1, -0.05) is 18.2 Å². The van der Waals surface area contributed by atoms with Crippen LogP contribution in [0.15, 0.2) is 36.4 Å². The van der Waals surface area contributed by atoms with Gasteiger partial charge in [-0.2, -0.15) is 5.26 Å². The summed E-state index contributed by atoms with van der Waals surface area (Å²) in [5.41, 5.74) is 5.04. The molecule has 0 aliphatic heterocycles. The molecule has 2 aromatic carbocycles. The number of rotatable bonds is 4. The summed E-state index contributed by atoms with van der Waals surface area (Å²) < 4.78 is 5.46. The molecule has 0 amide bonds. The van der Waals surface area contributed by atoms with Crippen molar-refractivity contribution >= 4 is 5.69 Å². The van der Waals surface area contributed by atoms with Gasteiger partial charge in [0.05, 0.1) is 18.7 Å². The van der Waals surface area contributed by atoms with E-state index in [0.29, 0.717) is 5.56 Å². The SMILES string of the molecule is COc1c(C)ccc(NC(C)c2cccc(C#N)c2)c1C. The van der Waals surface area contributed by atoms with Gasteiger partial charge in [-0.25, -0.2) is 0 Å². The summed E-state index contributed by atoms with van der Waals surface area (Å²) >= 11 is 0. The van der Waals surface area contributed by atoms with Gasteiger partial charge in [0.15, 0.2) is 0 Å². The molecule has 0 fully saturated rings. The summed E-state index contributed by atoms with van der Waals surface area (Å²) in [6, 6.07) is 14.1. The number of nitrogens with one attached hydrogen (secondary N) is 1. The molecule has 3 nitrogen and oxygen atoms in total. The number of hydrogen-bond acceptors (Lipinski definition) is 3. The monoisotopic (exact) mass is 280 g/mol. The maximum atomic E-state index is 8.99. The Morgan fingerprint density at radius 3 is 2.62 bits per heavy atom. The van der Waals surface area contributed by atoms with Crippen molar-refractivity contribution in [3.05, 3.63) is 58.7 Å². The van der Waals surface area contributed by atoms with Crippen LogP contribution in [0.5, 0.6) is 5.75 Å². The van der Waals surface area contributed by atoms with Gasteiger partial charge in [-0.15, -0.1) is 0 Å². The highest BCUT2D eigenvalue weighted by Gasteiger charge is 2.11. The molecule has 0 aliphatic rings. The molecule has 0 radical (unpaired) electrons. The lowest BCUT2D eigenvalue weighted by Crippen LogP contribution is -2.08. The van der Waals surface area contributed by atoms with Gasteiger partial charge in [-0.05, 0) is 50.1 Å². The number of aryl methyl sites for hydroxylation is 1. The van der Waals surface area contributed by atoms with E-state index >= 15 is 0 Å². The van der Waals surface area contributed by atoms with E-state index in [4.69, 9.17) is 10.00 Å². The Balaban J connectivity index is 2.27. The minimum absolute atomic E-state index is 0.115. The van der Waals surface area contributed by atoms with Crippen molar-refractivity contribution in [1.29, 1.82) is 5.26 Å². The predicted molar refractivity (Wildman–Crippen MR) is 85.7 cm³/mol. The zero-order valence-corrected chi connectivity index (χ0v) is 12.9. The number of hydrogen-bond donors (Lipinski definition) is 1. The average molecular weight is 280 g/mol. The number of methoxy groups -OCH3 is 1. The Morgan fingerprint density at radius 2 is 1.95 bits per heavy atom. The smallest absolute Gasteiger partial charge is 0.126 e.